The number of rotatable bonds is 1. The summed E-state index contributed by atoms with van der Waals surface area (Å²) in [5, 5.41) is 4.51. The third-order valence-electron chi connectivity index (χ3n) is 3.59. The summed E-state index contributed by atoms with van der Waals surface area (Å²) in [6.07, 6.45) is 16.7. The lowest BCUT2D eigenvalue weighted by molar-refractivity contribution is 0.562. The Morgan fingerprint density at radius 1 is 0.765 bits per heavy atom. The third-order valence-corrected chi connectivity index (χ3v) is 6.11. The third kappa shape index (κ3) is 5.13. The highest BCUT2D eigenvalue weighted by atomic mass is 32.2. The van der Waals surface area contributed by atoms with Crippen molar-refractivity contribution in [2.24, 2.45) is 0 Å². The van der Waals surface area contributed by atoms with Gasteiger partial charge in [-0.3, -0.25) is 0 Å². The summed E-state index contributed by atoms with van der Waals surface area (Å²) in [5.41, 5.74) is 1.71. The molecule has 1 aliphatic heterocycles. The van der Waals surface area contributed by atoms with Crippen molar-refractivity contribution < 1.29 is 0 Å². The molecule has 0 aromatic rings. The van der Waals surface area contributed by atoms with Gasteiger partial charge in [0.25, 0.3) is 0 Å². The molecule has 0 aromatic carbocycles. The van der Waals surface area contributed by atoms with Crippen LogP contribution >= 0.6 is 23.5 Å². The summed E-state index contributed by atoms with van der Waals surface area (Å²) in [4.78, 5) is 0. The molecule has 0 atom stereocenters. The number of thioether (sulfide) groups is 2. The molecule has 0 bridgehead atoms. The van der Waals surface area contributed by atoms with Crippen LogP contribution in [0.2, 0.25) is 0 Å². The highest BCUT2D eigenvalue weighted by molar-refractivity contribution is 8.22. The quantitative estimate of drug-likeness (QED) is 0.527. The van der Waals surface area contributed by atoms with E-state index in [1.54, 1.807) is 5.57 Å². The molecule has 96 valence electrons. The van der Waals surface area contributed by atoms with Crippen molar-refractivity contribution in [2.75, 3.05) is 0 Å². The normalized spacial score (nSPS) is 25.1. The molecule has 0 spiro atoms. The van der Waals surface area contributed by atoms with Crippen molar-refractivity contribution in [2.45, 2.75) is 68.8 Å². The van der Waals surface area contributed by atoms with Crippen molar-refractivity contribution in [3.8, 4) is 0 Å². The molecule has 0 saturated heterocycles. The lowest BCUT2D eigenvalue weighted by Crippen LogP contribution is -1.99. The van der Waals surface area contributed by atoms with E-state index in [-0.39, 0.29) is 0 Å². The van der Waals surface area contributed by atoms with Crippen LogP contribution in [0.5, 0.6) is 0 Å². The van der Waals surface area contributed by atoms with Crippen molar-refractivity contribution >= 4 is 23.5 Å². The van der Waals surface area contributed by atoms with E-state index in [2.05, 4.69) is 16.9 Å². The molecule has 17 heavy (non-hydrogen) atoms. The molecule has 0 fully saturated rings. The average Bonchev–Trinajstić information content (AvgIpc) is 2.83. The second-order valence-electron chi connectivity index (χ2n) is 5.02. The molecule has 0 saturated carbocycles. The molecule has 1 heterocycles. The van der Waals surface area contributed by atoms with Gasteiger partial charge in [0.1, 0.15) is 0 Å². The maximum atomic E-state index is 2.55. The van der Waals surface area contributed by atoms with Gasteiger partial charge in [-0.1, -0.05) is 50.2 Å². The fourth-order valence-electron chi connectivity index (χ4n) is 2.55. The first-order valence-electron chi connectivity index (χ1n) is 7.12. The van der Waals surface area contributed by atoms with E-state index in [1.807, 2.05) is 23.5 Å². The minimum Gasteiger partial charge on any atom is -0.114 e. The predicted molar refractivity (Wildman–Crippen MR) is 82.4 cm³/mol. The minimum absolute atomic E-state index is 0.706. The first kappa shape index (κ1) is 13.6. The van der Waals surface area contributed by atoms with Crippen LogP contribution in [-0.2, 0) is 0 Å². The molecule has 0 aromatic heterocycles. The number of hydrogen-bond donors (Lipinski definition) is 0. The van der Waals surface area contributed by atoms with Gasteiger partial charge in [0, 0.05) is 0 Å². The Balaban J connectivity index is 1.85. The zero-order chi connectivity index (χ0) is 11.8. The SMILES string of the molecule is C1=CSC(C2=CCCCCCCCCCC2)S1. The molecule has 0 unspecified atom stereocenters. The maximum Gasteiger partial charge on any atom is 0.0794 e. The Bertz CT molecular complexity index is 260. The smallest absolute Gasteiger partial charge is 0.0794 e. The van der Waals surface area contributed by atoms with Crippen LogP contribution in [-0.4, -0.2) is 4.58 Å². The van der Waals surface area contributed by atoms with Crippen LogP contribution in [0.4, 0.5) is 0 Å². The van der Waals surface area contributed by atoms with Gasteiger partial charge in [0.05, 0.1) is 4.58 Å². The van der Waals surface area contributed by atoms with Crippen molar-refractivity contribution in [1.82, 2.24) is 0 Å². The van der Waals surface area contributed by atoms with Crippen LogP contribution in [0.15, 0.2) is 22.5 Å². The van der Waals surface area contributed by atoms with E-state index < -0.39 is 0 Å². The zero-order valence-electron chi connectivity index (χ0n) is 10.7. The first-order chi connectivity index (χ1) is 8.47. The van der Waals surface area contributed by atoms with E-state index in [0.29, 0.717) is 4.58 Å². The van der Waals surface area contributed by atoms with Crippen molar-refractivity contribution in [3.63, 3.8) is 0 Å². The van der Waals surface area contributed by atoms with Gasteiger partial charge in [0.2, 0.25) is 0 Å². The molecular formula is C15H24S2. The van der Waals surface area contributed by atoms with Crippen LogP contribution in [0.3, 0.4) is 0 Å². The summed E-state index contributed by atoms with van der Waals surface area (Å²) in [6, 6.07) is 0. The second-order valence-corrected chi connectivity index (χ2v) is 7.35. The summed E-state index contributed by atoms with van der Waals surface area (Å²) >= 11 is 4.00. The Labute approximate surface area is 115 Å². The Kier molecular flexibility index (Phi) is 6.65. The highest BCUT2D eigenvalue weighted by Crippen LogP contribution is 2.40. The van der Waals surface area contributed by atoms with Crippen molar-refractivity contribution in [1.29, 1.82) is 0 Å². The Morgan fingerprint density at radius 3 is 2.06 bits per heavy atom. The first-order valence-corrected chi connectivity index (χ1v) is 9.00. The number of hydrogen-bond acceptors (Lipinski definition) is 2. The molecule has 2 rings (SSSR count). The standard InChI is InChI=1S/C15H24S2/c1-2-4-6-8-10-14(11-9-7-5-3-1)15-16-12-13-17-15/h10,12-13,15H,1-9,11H2. The van der Waals surface area contributed by atoms with Gasteiger partial charge < -0.3 is 0 Å². The van der Waals surface area contributed by atoms with E-state index in [9.17, 15) is 0 Å². The van der Waals surface area contributed by atoms with Crippen LogP contribution in [0.1, 0.15) is 64.2 Å². The second kappa shape index (κ2) is 8.31. The van der Waals surface area contributed by atoms with Gasteiger partial charge in [-0.05, 0) is 36.5 Å². The van der Waals surface area contributed by atoms with Gasteiger partial charge in [-0.25, -0.2) is 0 Å². The largest absolute Gasteiger partial charge is 0.114 e. The van der Waals surface area contributed by atoms with Crippen LogP contribution in [0.25, 0.3) is 0 Å². The summed E-state index contributed by atoms with van der Waals surface area (Å²) < 4.78 is 0.706. The molecule has 2 heteroatoms. The molecule has 0 amide bonds. The van der Waals surface area contributed by atoms with Gasteiger partial charge in [-0.2, -0.15) is 0 Å². The predicted octanol–water partition coefficient (Wildman–Crippen LogP) is 6.10. The maximum absolute atomic E-state index is 2.55. The molecule has 0 radical (unpaired) electrons. The van der Waals surface area contributed by atoms with Crippen molar-refractivity contribution in [3.05, 3.63) is 22.5 Å². The molecule has 0 N–H and O–H groups in total. The summed E-state index contributed by atoms with van der Waals surface area (Å²) in [7, 11) is 0. The van der Waals surface area contributed by atoms with Gasteiger partial charge in [-0.15, -0.1) is 23.5 Å². The van der Waals surface area contributed by atoms with E-state index >= 15 is 0 Å². The fourth-order valence-corrected chi connectivity index (χ4v) is 4.77. The van der Waals surface area contributed by atoms with E-state index in [0.717, 1.165) is 0 Å². The molecule has 2 aliphatic rings. The van der Waals surface area contributed by atoms with E-state index in [1.165, 1.54) is 64.2 Å². The monoisotopic (exact) mass is 268 g/mol. The summed E-state index contributed by atoms with van der Waals surface area (Å²) in [5.74, 6) is 0. The highest BCUT2D eigenvalue weighted by Gasteiger charge is 2.16. The Morgan fingerprint density at radius 2 is 1.35 bits per heavy atom. The van der Waals surface area contributed by atoms with E-state index in [4.69, 9.17) is 0 Å². The lowest BCUT2D eigenvalue weighted by Gasteiger charge is -2.14. The van der Waals surface area contributed by atoms with Crippen LogP contribution < -0.4 is 0 Å². The van der Waals surface area contributed by atoms with Crippen LogP contribution in [0, 0.1) is 0 Å². The molecule has 1 aliphatic carbocycles. The topological polar surface area (TPSA) is 0 Å². The van der Waals surface area contributed by atoms with Gasteiger partial charge in [0.15, 0.2) is 0 Å². The number of allylic oxidation sites excluding steroid dienone is 1. The van der Waals surface area contributed by atoms with Gasteiger partial charge >= 0.3 is 0 Å². The minimum atomic E-state index is 0.706. The molecule has 0 nitrogen and oxygen atoms in total. The zero-order valence-corrected chi connectivity index (χ0v) is 12.3. The Hall–Kier alpha value is 0.180. The average molecular weight is 268 g/mol. The summed E-state index contributed by atoms with van der Waals surface area (Å²) in [6.45, 7) is 0. The lowest BCUT2D eigenvalue weighted by atomic mass is 10.0. The fraction of sp³-hybridized carbons (Fsp3) is 0.733. The molecular weight excluding hydrogens is 244 g/mol.